The number of ether oxygens (including phenoxy) is 1. The molecule has 0 N–H and O–H groups in total. The monoisotopic (exact) mass is 263 g/mol. The topological polar surface area (TPSA) is 22.1 Å². The average molecular weight is 264 g/mol. The number of aryl methyl sites for hydroxylation is 1. The van der Waals surface area contributed by atoms with E-state index in [1.54, 1.807) is 6.20 Å². The zero-order valence-electron chi connectivity index (χ0n) is 8.27. The fraction of sp³-hybridized carbons (Fsp3) is 0.0833. The summed E-state index contributed by atoms with van der Waals surface area (Å²) in [7, 11) is 0. The second-order valence-electron chi connectivity index (χ2n) is 3.18. The summed E-state index contributed by atoms with van der Waals surface area (Å²) in [6.07, 6.45) is 1.72. The highest BCUT2D eigenvalue weighted by molar-refractivity contribution is 9.10. The summed E-state index contributed by atoms with van der Waals surface area (Å²) in [6, 6.07) is 11.5. The number of hydrogen-bond donors (Lipinski definition) is 0. The third-order valence-corrected chi connectivity index (χ3v) is 2.52. The highest BCUT2D eigenvalue weighted by Crippen LogP contribution is 2.23. The van der Waals surface area contributed by atoms with E-state index in [2.05, 4.69) is 20.9 Å². The zero-order valence-corrected chi connectivity index (χ0v) is 9.86. The van der Waals surface area contributed by atoms with E-state index in [9.17, 15) is 0 Å². The molecule has 0 atom stereocenters. The predicted molar refractivity (Wildman–Crippen MR) is 63.2 cm³/mol. The number of rotatable bonds is 2. The van der Waals surface area contributed by atoms with E-state index in [1.165, 1.54) is 0 Å². The van der Waals surface area contributed by atoms with E-state index in [1.807, 2.05) is 43.3 Å². The molecule has 1 aromatic carbocycles. The second kappa shape index (κ2) is 4.45. The van der Waals surface area contributed by atoms with Crippen LogP contribution in [-0.4, -0.2) is 4.98 Å². The molecule has 0 aliphatic heterocycles. The fourth-order valence-corrected chi connectivity index (χ4v) is 1.46. The van der Waals surface area contributed by atoms with Crippen molar-refractivity contribution in [3.63, 3.8) is 0 Å². The van der Waals surface area contributed by atoms with Crippen molar-refractivity contribution in [3.8, 4) is 11.6 Å². The summed E-state index contributed by atoms with van der Waals surface area (Å²) in [5, 5.41) is 0. The van der Waals surface area contributed by atoms with Crippen molar-refractivity contribution in [2.75, 3.05) is 0 Å². The van der Waals surface area contributed by atoms with E-state index < -0.39 is 0 Å². The number of nitrogens with zero attached hydrogens (tertiary/aromatic N) is 1. The summed E-state index contributed by atoms with van der Waals surface area (Å²) in [5.74, 6) is 1.44. The molecule has 0 aliphatic rings. The Bertz CT molecular complexity index is 453. The van der Waals surface area contributed by atoms with Crippen molar-refractivity contribution in [2.45, 2.75) is 6.92 Å². The van der Waals surface area contributed by atoms with Crippen molar-refractivity contribution in [1.29, 1.82) is 0 Å². The summed E-state index contributed by atoms with van der Waals surface area (Å²) in [5.41, 5.74) is 1.03. The molecule has 1 aromatic heterocycles. The number of halogens is 1. The molecule has 0 bridgehead atoms. The lowest BCUT2D eigenvalue weighted by Gasteiger charge is -2.06. The molecule has 0 unspecified atom stereocenters. The molecule has 0 saturated heterocycles. The van der Waals surface area contributed by atoms with Crippen molar-refractivity contribution >= 4 is 15.9 Å². The number of aromatic nitrogens is 1. The van der Waals surface area contributed by atoms with Crippen molar-refractivity contribution in [3.05, 3.63) is 52.6 Å². The first kappa shape index (κ1) is 10.2. The van der Waals surface area contributed by atoms with Gasteiger partial charge in [-0.15, -0.1) is 0 Å². The standard InChI is InChI=1S/C12H10BrNO/c1-9-3-2-8-14-12(9)15-11-6-4-10(13)5-7-11/h2-8H,1H3. The molecule has 0 aliphatic carbocycles. The third-order valence-electron chi connectivity index (χ3n) is 1.99. The lowest BCUT2D eigenvalue weighted by molar-refractivity contribution is 0.459. The van der Waals surface area contributed by atoms with Gasteiger partial charge in [0.2, 0.25) is 5.88 Å². The van der Waals surface area contributed by atoms with E-state index in [-0.39, 0.29) is 0 Å². The van der Waals surface area contributed by atoms with Crippen LogP contribution in [0, 0.1) is 6.92 Å². The quantitative estimate of drug-likeness (QED) is 0.819. The van der Waals surface area contributed by atoms with Gasteiger partial charge in [0.25, 0.3) is 0 Å². The average Bonchev–Trinajstić information content (AvgIpc) is 2.25. The molecule has 0 spiro atoms. The van der Waals surface area contributed by atoms with E-state index in [4.69, 9.17) is 4.74 Å². The van der Waals surface area contributed by atoms with Gasteiger partial charge in [0.15, 0.2) is 0 Å². The largest absolute Gasteiger partial charge is 0.439 e. The van der Waals surface area contributed by atoms with Gasteiger partial charge in [-0.2, -0.15) is 0 Å². The van der Waals surface area contributed by atoms with Gasteiger partial charge in [0, 0.05) is 16.2 Å². The van der Waals surface area contributed by atoms with Gasteiger partial charge in [-0.1, -0.05) is 22.0 Å². The van der Waals surface area contributed by atoms with E-state index in [0.29, 0.717) is 5.88 Å². The predicted octanol–water partition coefficient (Wildman–Crippen LogP) is 3.94. The zero-order chi connectivity index (χ0) is 10.7. The molecule has 0 radical (unpaired) electrons. The Morgan fingerprint density at radius 1 is 1.13 bits per heavy atom. The number of hydrogen-bond acceptors (Lipinski definition) is 2. The van der Waals surface area contributed by atoms with Crippen LogP contribution in [0.5, 0.6) is 11.6 Å². The van der Waals surface area contributed by atoms with Crippen LogP contribution in [0.4, 0.5) is 0 Å². The van der Waals surface area contributed by atoms with E-state index in [0.717, 1.165) is 15.8 Å². The van der Waals surface area contributed by atoms with Crippen LogP contribution >= 0.6 is 15.9 Å². The van der Waals surface area contributed by atoms with Gasteiger partial charge < -0.3 is 4.74 Å². The van der Waals surface area contributed by atoms with Gasteiger partial charge in [-0.3, -0.25) is 0 Å². The molecule has 0 amide bonds. The molecule has 15 heavy (non-hydrogen) atoms. The Hall–Kier alpha value is -1.35. The molecule has 76 valence electrons. The maximum Gasteiger partial charge on any atom is 0.222 e. The van der Waals surface area contributed by atoms with Gasteiger partial charge >= 0.3 is 0 Å². The van der Waals surface area contributed by atoms with Crippen LogP contribution < -0.4 is 4.74 Å². The number of benzene rings is 1. The third kappa shape index (κ3) is 2.57. The smallest absolute Gasteiger partial charge is 0.222 e. The molecule has 0 saturated carbocycles. The Morgan fingerprint density at radius 2 is 1.87 bits per heavy atom. The van der Waals surface area contributed by atoms with Crippen LogP contribution in [0.15, 0.2) is 47.1 Å². The van der Waals surface area contributed by atoms with Crippen LogP contribution in [-0.2, 0) is 0 Å². The van der Waals surface area contributed by atoms with Crippen LogP contribution in [0.25, 0.3) is 0 Å². The fourth-order valence-electron chi connectivity index (χ4n) is 1.19. The molecule has 2 rings (SSSR count). The molecule has 2 aromatic rings. The summed E-state index contributed by atoms with van der Waals surface area (Å²) < 4.78 is 6.67. The highest BCUT2D eigenvalue weighted by Gasteiger charge is 2.01. The first-order valence-electron chi connectivity index (χ1n) is 4.61. The Morgan fingerprint density at radius 3 is 2.53 bits per heavy atom. The molecule has 2 nitrogen and oxygen atoms in total. The Balaban J connectivity index is 2.22. The molecular formula is C12H10BrNO. The lowest BCUT2D eigenvalue weighted by Crippen LogP contribution is -1.89. The van der Waals surface area contributed by atoms with Gasteiger partial charge in [-0.25, -0.2) is 4.98 Å². The van der Waals surface area contributed by atoms with Crippen LogP contribution in [0.2, 0.25) is 0 Å². The molecule has 1 heterocycles. The Labute approximate surface area is 97.1 Å². The minimum atomic E-state index is 0.653. The minimum absolute atomic E-state index is 0.653. The van der Waals surface area contributed by atoms with Gasteiger partial charge in [0.1, 0.15) is 5.75 Å². The van der Waals surface area contributed by atoms with Crippen molar-refractivity contribution in [1.82, 2.24) is 4.98 Å². The van der Waals surface area contributed by atoms with Crippen LogP contribution in [0.3, 0.4) is 0 Å². The molecule has 0 fully saturated rings. The lowest BCUT2D eigenvalue weighted by atomic mass is 10.3. The van der Waals surface area contributed by atoms with Crippen molar-refractivity contribution in [2.24, 2.45) is 0 Å². The molecule has 3 heteroatoms. The van der Waals surface area contributed by atoms with Crippen LogP contribution in [0.1, 0.15) is 5.56 Å². The summed E-state index contributed by atoms with van der Waals surface area (Å²) in [4.78, 5) is 4.16. The first-order chi connectivity index (χ1) is 7.25. The van der Waals surface area contributed by atoms with E-state index >= 15 is 0 Å². The maximum absolute atomic E-state index is 5.63. The Kier molecular flexibility index (Phi) is 3.02. The summed E-state index contributed by atoms with van der Waals surface area (Å²) in [6.45, 7) is 1.97. The minimum Gasteiger partial charge on any atom is -0.439 e. The first-order valence-corrected chi connectivity index (χ1v) is 5.40. The SMILES string of the molecule is Cc1cccnc1Oc1ccc(Br)cc1. The van der Waals surface area contributed by atoms with Gasteiger partial charge in [0.05, 0.1) is 0 Å². The summed E-state index contributed by atoms with van der Waals surface area (Å²) >= 11 is 3.37. The normalized spacial score (nSPS) is 10.0. The van der Waals surface area contributed by atoms with Gasteiger partial charge in [-0.05, 0) is 37.3 Å². The highest BCUT2D eigenvalue weighted by atomic mass is 79.9. The second-order valence-corrected chi connectivity index (χ2v) is 4.10. The maximum atomic E-state index is 5.63. The molecular weight excluding hydrogens is 254 g/mol. The number of pyridine rings is 1. The van der Waals surface area contributed by atoms with Crippen molar-refractivity contribution < 1.29 is 4.74 Å².